The molecule has 3 N–H and O–H groups in total. The van der Waals surface area contributed by atoms with Crippen molar-refractivity contribution in [2.45, 2.75) is 121 Å². The third kappa shape index (κ3) is 3.29. The molecule has 9 heteroatoms. The number of para-hydroxylation sites is 1. The number of hydrogen-bond donors (Lipinski definition) is 3. The van der Waals surface area contributed by atoms with E-state index in [0.29, 0.717) is 23.9 Å². The largest absolute Gasteiger partial charge is 0.393 e. The Morgan fingerprint density at radius 3 is 2.41 bits per heavy atom. The maximum atomic E-state index is 14.7. The highest BCUT2D eigenvalue weighted by atomic mass is 16.6. The second-order valence-electron chi connectivity index (χ2n) is 16.3. The van der Waals surface area contributed by atoms with E-state index in [9.17, 15) is 24.9 Å². The van der Waals surface area contributed by atoms with Gasteiger partial charge < -0.3 is 20.1 Å². The summed E-state index contributed by atoms with van der Waals surface area (Å²) in [5.41, 5.74) is -3.86. The lowest BCUT2D eigenvalue weighted by Gasteiger charge is -2.71. The molecular formula is C35H47N3O6. The molecule has 1 aromatic carbocycles. The van der Waals surface area contributed by atoms with Crippen LogP contribution in [-0.4, -0.2) is 59.3 Å². The summed E-state index contributed by atoms with van der Waals surface area (Å²) in [6, 6.07) is 9.09. The molecule has 4 heterocycles. The number of epoxide rings is 1. The Hall–Kier alpha value is -2.46. The lowest BCUT2D eigenvalue weighted by molar-refractivity contribution is -0.233. The van der Waals surface area contributed by atoms with Gasteiger partial charge in [0.25, 0.3) is 0 Å². The molecule has 9 rings (SSSR count). The quantitative estimate of drug-likeness (QED) is 0.343. The van der Waals surface area contributed by atoms with Crippen LogP contribution in [0.3, 0.4) is 0 Å². The van der Waals surface area contributed by atoms with E-state index >= 15 is 0 Å². The van der Waals surface area contributed by atoms with Crippen LogP contribution in [0.15, 0.2) is 52.1 Å². The van der Waals surface area contributed by atoms with Crippen molar-refractivity contribution < 1.29 is 20.1 Å². The molecule has 4 fully saturated rings. The van der Waals surface area contributed by atoms with Crippen LogP contribution >= 0.6 is 0 Å². The number of nitrogens with zero attached hydrogens (tertiary/aromatic N) is 3. The van der Waals surface area contributed by atoms with Crippen molar-refractivity contribution in [3.63, 3.8) is 0 Å². The number of aliphatic hydroxyl groups excluding tert-OH is 2. The van der Waals surface area contributed by atoms with Gasteiger partial charge >= 0.3 is 11.4 Å². The van der Waals surface area contributed by atoms with Gasteiger partial charge in [-0.05, 0) is 74.8 Å². The molecule has 12 atom stereocenters. The zero-order valence-corrected chi connectivity index (χ0v) is 26.5. The molecule has 3 saturated carbocycles. The summed E-state index contributed by atoms with van der Waals surface area (Å²) in [5.74, 6) is 0.385. The molecule has 9 nitrogen and oxygen atoms in total. The Morgan fingerprint density at radius 1 is 1.00 bits per heavy atom. The zero-order chi connectivity index (χ0) is 31.2. The molecule has 0 radical (unpaired) electrons. The first-order valence-electron chi connectivity index (χ1n) is 16.7. The number of rotatable bonds is 6. The van der Waals surface area contributed by atoms with Gasteiger partial charge in [-0.1, -0.05) is 64.0 Å². The smallest absolute Gasteiger partial charge is 0.352 e. The Morgan fingerprint density at radius 2 is 1.70 bits per heavy atom. The fraction of sp³-hybridized carbons (Fsp3) is 0.714. The van der Waals surface area contributed by atoms with Gasteiger partial charge in [0, 0.05) is 17.8 Å². The fourth-order valence-corrected chi connectivity index (χ4v) is 11.9. The van der Waals surface area contributed by atoms with Gasteiger partial charge in [0.05, 0.1) is 40.7 Å². The highest BCUT2D eigenvalue weighted by molar-refractivity contribution is 5.41. The third-order valence-electron chi connectivity index (χ3n) is 13.6. The summed E-state index contributed by atoms with van der Waals surface area (Å²) in [5, 5.41) is 34.0. The van der Waals surface area contributed by atoms with Gasteiger partial charge in [-0.2, -0.15) is 0 Å². The van der Waals surface area contributed by atoms with E-state index in [2.05, 4.69) is 32.9 Å². The first kappa shape index (κ1) is 29.0. The first-order chi connectivity index (χ1) is 20.7. The van der Waals surface area contributed by atoms with Gasteiger partial charge in [0.15, 0.2) is 0 Å². The molecule has 44 heavy (non-hydrogen) atoms. The molecular weight excluding hydrogens is 558 g/mol. The van der Waals surface area contributed by atoms with Crippen LogP contribution in [0.5, 0.6) is 0 Å². The van der Waals surface area contributed by atoms with Crippen LogP contribution in [0, 0.1) is 34.5 Å². The number of hydrogen-bond acceptors (Lipinski definition) is 6. The number of allylic oxidation sites excluding steroid dienone is 2. The van der Waals surface area contributed by atoms with E-state index in [1.54, 1.807) is 21.5 Å². The van der Waals surface area contributed by atoms with Crippen molar-refractivity contribution >= 4 is 0 Å². The minimum Gasteiger partial charge on any atom is -0.393 e. The number of aliphatic hydroxyl groups is 3. The van der Waals surface area contributed by atoms with Gasteiger partial charge in [-0.25, -0.2) is 23.5 Å². The fourth-order valence-electron chi connectivity index (χ4n) is 11.9. The summed E-state index contributed by atoms with van der Waals surface area (Å²) in [6.45, 7) is 10.5. The van der Waals surface area contributed by atoms with Crippen molar-refractivity contribution in [2.75, 3.05) is 0 Å². The molecule has 4 aliphatic carbocycles. The van der Waals surface area contributed by atoms with Crippen LogP contribution < -0.4 is 11.4 Å². The minimum absolute atomic E-state index is 0.0236. The number of ether oxygens (including phenoxy) is 1. The minimum atomic E-state index is -1.01. The van der Waals surface area contributed by atoms with Crippen molar-refractivity contribution in [2.24, 2.45) is 34.5 Å². The average Bonchev–Trinajstić information content (AvgIpc) is 3.63. The van der Waals surface area contributed by atoms with E-state index in [4.69, 9.17) is 4.74 Å². The van der Waals surface area contributed by atoms with E-state index in [-0.39, 0.29) is 41.6 Å². The maximum Gasteiger partial charge on any atom is 0.352 e. The lowest BCUT2D eigenvalue weighted by Crippen LogP contribution is -2.80. The standard InChI is InChI=1S/C35H47N3O6/c1-20(10-9-15-31(2,3)43)22-13-14-25-32(22,4)18-24(40)27-33(5)28-26(44-28)23(39)19-34(33)16-17-35(25,27)38-30(42)36(29(41)37(34)38)21-11-7-6-8-12-21/h6-8,11-12,16-17,20,22-28,39-40,43H,9-10,13-15,18-19H2,1-5H3/t20-,22-,23-,24-,25-,26+,27-,28+,32-,33+,34-,35+/m1/s1. The third-order valence-corrected chi connectivity index (χ3v) is 13.6. The van der Waals surface area contributed by atoms with E-state index in [1.807, 2.05) is 32.0 Å². The Kier molecular flexibility index (Phi) is 5.84. The maximum absolute atomic E-state index is 14.7. The molecule has 238 valence electrons. The first-order valence-corrected chi connectivity index (χ1v) is 16.7. The summed E-state index contributed by atoms with van der Waals surface area (Å²) in [6.07, 6.45) is 7.57. The monoisotopic (exact) mass is 605 g/mol. The number of fused-ring (bicyclic) bond motifs is 2. The number of aromatic nitrogens is 3. The van der Waals surface area contributed by atoms with Crippen LogP contribution in [0.2, 0.25) is 0 Å². The Labute approximate surface area is 258 Å². The molecule has 2 bridgehead atoms. The van der Waals surface area contributed by atoms with Crippen LogP contribution in [0.4, 0.5) is 0 Å². The van der Waals surface area contributed by atoms with Gasteiger partial charge in [0.2, 0.25) is 0 Å². The van der Waals surface area contributed by atoms with Crippen LogP contribution in [0.25, 0.3) is 5.69 Å². The molecule has 3 aliphatic heterocycles. The van der Waals surface area contributed by atoms with Crippen molar-refractivity contribution in [1.29, 1.82) is 0 Å². The molecule has 7 aliphatic rings. The van der Waals surface area contributed by atoms with E-state index in [0.717, 1.165) is 32.1 Å². The molecule has 0 amide bonds. The van der Waals surface area contributed by atoms with Crippen molar-refractivity contribution in [3.8, 4) is 5.69 Å². The molecule has 0 unspecified atom stereocenters. The molecule has 1 saturated heterocycles. The predicted molar refractivity (Wildman–Crippen MR) is 165 cm³/mol. The predicted octanol–water partition coefficient (Wildman–Crippen LogP) is 3.30. The topological polar surface area (TPSA) is 122 Å². The summed E-state index contributed by atoms with van der Waals surface area (Å²) < 4.78 is 10.9. The Balaban J connectivity index is 1.33. The van der Waals surface area contributed by atoms with Crippen LogP contribution in [-0.2, 0) is 15.8 Å². The second-order valence-corrected chi connectivity index (χ2v) is 16.3. The molecule has 2 aromatic rings. The number of benzene rings is 1. The van der Waals surface area contributed by atoms with Gasteiger partial charge in [0.1, 0.15) is 6.10 Å². The normalized spacial score (nSPS) is 45.2. The van der Waals surface area contributed by atoms with Crippen molar-refractivity contribution in [1.82, 2.24) is 13.9 Å². The Bertz CT molecular complexity index is 1650. The summed E-state index contributed by atoms with van der Waals surface area (Å²) >= 11 is 0. The highest BCUT2D eigenvalue weighted by Gasteiger charge is 2.82. The van der Waals surface area contributed by atoms with Crippen molar-refractivity contribution in [3.05, 3.63) is 63.5 Å². The summed E-state index contributed by atoms with van der Waals surface area (Å²) in [4.78, 5) is 29.4. The highest BCUT2D eigenvalue weighted by Crippen LogP contribution is 2.76. The molecule has 2 spiro atoms. The average molecular weight is 606 g/mol. The molecule has 1 aromatic heterocycles. The zero-order valence-electron chi connectivity index (χ0n) is 26.5. The van der Waals surface area contributed by atoms with Gasteiger partial charge in [-0.15, -0.1) is 0 Å². The van der Waals surface area contributed by atoms with E-state index in [1.165, 1.54) is 4.57 Å². The SMILES string of the molecule is C[C@H](CCCC(C)(C)O)[C@H]1CC[C@@H]2[C@]1(C)C[C@@H](O)[C@H]1[C@]23C=C[C@]2(C[C@@H](O)[C@@H]4O[C@@H]4[C@]12C)n1c(=O)n(-c2ccccc2)c(=O)n13. The van der Waals surface area contributed by atoms with Crippen LogP contribution in [0.1, 0.15) is 79.6 Å². The van der Waals surface area contributed by atoms with Gasteiger partial charge in [-0.3, -0.25) is 0 Å². The summed E-state index contributed by atoms with van der Waals surface area (Å²) in [7, 11) is 0. The van der Waals surface area contributed by atoms with E-state index < -0.39 is 40.0 Å². The lowest BCUT2D eigenvalue weighted by atomic mass is 9.39. The second kappa shape index (κ2) is 8.87.